The number of esters is 1. The lowest BCUT2D eigenvalue weighted by Crippen LogP contribution is -2.42. The molecular formula is C18H22O4. The third-order valence-corrected chi connectivity index (χ3v) is 4.82. The van der Waals surface area contributed by atoms with Crippen molar-refractivity contribution in [3.8, 4) is 0 Å². The number of rotatable bonds is 3. The predicted octanol–water partition coefficient (Wildman–Crippen LogP) is 2.32. The molecule has 4 nitrogen and oxygen atoms in total. The van der Waals surface area contributed by atoms with Crippen molar-refractivity contribution in [3.05, 3.63) is 47.5 Å². The van der Waals surface area contributed by atoms with Gasteiger partial charge in [0.2, 0.25) is 0 Å². The van der Waals surface area contributed by atoms with Gasteiger partial charge in [0.1, 0.15) is 6.61 Å². The van der Waals surface area contributed by atoms with E-state index in [1.807, 2.05) is 50.3 Å². The van der Waals surface area contributed by atoms with E-state index in [2.05, 4.69) is 0 Å². The van der Waals surface area contributed by atoms with Crippen LogP contribution in [0.25, 0.3) is 0 Å². The minimum Gasteiger partial charge on any atom is -0.461 e. The highest BCUT2D eigenvalue weighted by Gasteiger charge is 2.47. The zero-order valence-electron chi connectivity index (χ0n) is 12.9. The third kappa shape index (κ3) is 2.81. The van der Waals surface area contributed by atoms with Crippen molar-refractivity contribution in [2.45, 2.75) is 32.7 Å². The highest BCUT2D eigenvalue weighted by atomic mass is 16.5. The average Bonchev–Trinajstić information content (AvgIpc) is 2.88. The summed E-state index contributed by atoms with van der Waals surface area (Å²) < 4.78 is 11.2. The molecule has 1 saturated heterocycles. The maximum Gasteiger partial charge on any atom is 0.310 e. The summed E-state index contributed by atoms with van der Waals surface area (Å²) >= 11 is 0. The number of aliphatic hydroxyl groups is 1. The van der Waals surface area contributed by atoms with Gasteiger partial charge >= 0.3 is 5.97 Å². The fourth-order valence-electron chi connectivity index (χ4n) is 3.51. The van der Waals surface area contributed by atoms with Gasteiger partial charge in [-0.3, -0.25) is 4.79 Å². The van der Waals surface area contributed by atoms with Crippen LogP contribution in [0.4, 0.5) is 0 Å². The lowest BCUT2D eigenvalue weighted by atomic mass is 9.70. The van der Waals surface area contributed by atoms with Crippen molar-refractivity contribution in [2.24, 2.45) is 17.8 Å². The Kier molecular flexibility index (Phi) is 4.32. The molecule has 1 aromatic rings. The van der Waals surface area contributed by atoms with Crippen molar-refractivity contribution in [1.29, 1.82) is 0 Å². The van der Waals surface area contributed by atoms with E-state index in [0.717, 1.165) is 11.1 Å². The fourth-order valence-corrected chi connectivity index (χ4v) is 3.51. The molecule has 0 bridgehead atoms. The maximum atomic E-state index is 12.6. The Morgan fingerprint density at radius 3 is 2.77 bits per heavy atom. The number of aliphatic hydroxyl groups excluding tert-OH is 1. The summed E-state index contributed by atoms with van der Waals surface area (Å²) in [6.45, 7) is 4.64. The molecule has 1 N–H and O–H groups in total. The van der Waals surface area contributed by atoms with Crippen molar-refractivity contribution in [1.82, 2.24) is 0 Å². The fraction of sp³-hybridized carbons (Fsp3) is 0.500. The first-order valence-electron chi connectivity index (χ1n) is 7.78. The second kappa shape index (κ2) is 6.23. The Labute approximate surface area is 130 Å². The van der Waals surface area contributed by atoms with E-state index in [4.69, 9.17) is 9.47 Å². The van der Waals surface area contributed by atoms with Gasteiger partial charge in [0.15, 0.2) is 0 Å². The van der Waals surface area contributed by atoms with Crippen LogP contribution in [-0.4, -0.2) is 29.9 Å². The molecule has 0 aromatic heterocycles. The van der Waals surface area contributed by atoms with Gasteiger partial charge in [-0.2, -0.15) is 0 Å². The number of carbonyl (C=O) groups is 1. The number of benzene rings is 1. The van der Waals surface area contributed by atoms with Gasteiger partial charge in [-0.1, -0.05) is 43.3 Å². The standard InChI is InChI=1S/C18H22O4/c1-11-15(19)8-14-10-21-12(2)17(14)16(11)18(20)22-9-13-6-4-3-5-7-13/h3-8,11-12,15-17,19H,9-10H2,1-2H3. The Hall–Kier alpha value is -1.65. The van der Waals surface area contributed by atoms with E-state index in [9.17, 15) is 9.90 Å². The number of hydrogen-bond acceptors (Lipinski definition) is 4. The van der Waals surface area contributed by atoms with Gasteiger partial charge in [0.05, 0.1) is 24.7 Å². The van der Waals surface area contributed by atoms with Crippen LogP contribution in [0.2, 0.25) is 0 Å². The van der Waals surface area contributed by atoms with E-state index >= 15 is 0 Å². The van der Waals surface area contributed by atoms with Crippen molar-refractivity contribution < 1.29 is 19.4 Å². The van der Waals surface area contributed by atoms with Crippen LogP contribution in [0.5, 0.6) is 0 Å². The summed E-state index contributed by atoms with van der Waals surface area (Å²) in [5, 5.41) is 10.2. The smallest absolute Gasteiger partial charge is 0.310 e. The molecule has 4 heteroatoms. The number of fused-ring (bicyclic) bond motifs is 1. The molecule has 3 rings (SSSR count). The van der Waals surface area contributed by atoms with E-state index in [0.29, 0.717) is 6.61 Å². The van der Waals surface area contributed by atoms with E-state index in [1.165, 1.54) is 0 Å². The second-order valence-electron chi connectivity index (χ2n) is 6.25. The monoisotopic (exact) mass is 302 g/mol. The number of hydrogen-bond donors (Lipinski definition) is 1. The van der Waals surface area contributed by atoms with Gasteiger partial charge < -0.3 is 14.6 Å². The quantitative estimate of drug-likeness (QED) is 0.688. The van der Waals surface area contributed by atoms with Crippen molar-refractivity contribution >= 4 is 5.97 Å². The normalized spacial score (nSPS) is 34.0. The van der Waals surface area contributed by atoms with Crippen LogP contribution < -0.4 is 0 Å². The van der Waals surface area contributed by atoms with E-state index in [1.54, 1.807) is 0 Å². The molecular weight excluding hydrogens is 280 g/mol. The minimum absolute atomic E-state index is 0.0154. The molecule has 1 heterocycles. The summed E-state index contributed by atoms with van der Waals surface area (Å²) in [6, 6.07) is 9.63. The van der Waals surface area contributed by atoms with Gasteiger partial charge in [-0.15, -0.1) is 0 Å². The summed E-state index contributed by atoms with van der Waals surface area (Å²) in [6.07, 6.45) is 1.21. The lowest BCUT2D eigenvalue weighted by Gasteiger charge is -2.35. The Morgan fingerprint density at radius 1 is 1.32 bits per heavy atom. The van der Waals surface area contributed by atoms with Crippen LogP contribution in [0.1, 0.15) is 19.4 Å². The summed E-state index contributed by atoms with van der Waals surface area (Å²) in [4.78, 5) is 12.6. The van der Waals surface area contributed by atoms with E-state index in [-0.39, 0.29) is 36.4 Å². The zero-order chi connectivity index (χ0) is 15.7. The van der Waals surface area contributed by atoms with Gasteiger partial charge in [0, 0.05) is 5.92 Å². The molecule has 5 unspecified atom stereocenters. The predicted molar refractivity (Wildman–Crippen MR) is 81.9 cm³/mol. The van der Waals surface area contributed by atoms with E-state index < -0.39 is 6.10 Å². The average molecular weight is 302 g/mol. The molecule has 5 atom stereocenters. The molecule has 0 amide bonds. The van der Waals surface area contributed by atoms with Crippen LogP contribution in [-0.2, 0) is 20.9 Å². The van der Waals surface area contributed by atoms with Crippen molar-refractivity contribution in [3.63, 3.8) is 0 Å². The topological polar surface area (TPSA) is 55.8 Å². The second-order valence-corrected chi connectivity index (χ2v) is 6.25. The summed E-state index contributed by atoms with van der Waals surface area (Å²) in [7, 11) is 0. The number of ether oxygens (including phenoxy) is 2. The highest BCUT2D eigenvalue weighted by molar-refractivity contribution is 5.74. The lowest BCUT2D eigenvalue weighted by molar-refractivity contribution is -0.156. The Bertz CT molecular complexity index is 566. The molecule has 118 valence electrons. The molecule has 22 heavy (non-hydrogen) atoms. The summed E-state index contributed by atoms with van der Waals surface area (Å²) in [5.41, 5.74) is 1.99. The van der Waals surface area contributed by atoms with Gasteiger partial charge in [-0.25, -0.2) is 0 Å². The molecule has 0 radical (unpaired) electrons. The van der Waals surface area contributed by atoms with Crippen molar-refractivity contribution in [2.75, 3.05) is 6.61 Å². The molecule has 2 aliphatic rings. The van der Waals surface area contributed by atoms with Crippen LogP contribution in [0.15, 0.2) is 42.0 Å². The third-order valence-electron chi connectivity index (χ3n) is 4.82. The first-order chi connectivity index (χ1) is 10.6. The molecule has 1 aromatic carbocycles. The molecule has 0 spiro atoms. The SMILES string of the molecule is CC1OCC2=CC(O)C(C)C(C(=O)OCc3ccccc3)C21. The van der Waals surface area contributed by atoms with Gasteiger partial charge in [-0.05, 0) is 24.0 Å². The van der Waals surface area contributed by atoms with Crippen LogP contribution >= 0.6 is 0 Å². The number of carbonyl (C=O) groups excluding carboxylic acids is 1. The van der Waals surface area contributed by atoms with Gasteiger partial charge in [0.25, 0.3) is 0 Å². The molecule has 1 fully saturated rings. The van der Waals surface area contributed by atoms with Crippen LogP contribution in [0, 0.1) is 17.8 Å². The zero-order valence-corrected chi connectivity index (χ0v) is 12.9. The summed E-state index contributed by atoms with van der Waals surface area (Å²) in [5.74, 6) is -0.748. The highest BCUT2D eigenvalue weighted by Crippen LogP contribution is 2.42. The molecule has 0 saturated carbocycles. The van der Waals surface area contributed by atoms with Crippen LogP contribution in [0.3, 0.4) is 0 Å². The first-order valence-corrected chi connectivity index (χ1v) is 7.78. The largest absolute Gasteiger partial charge is 0.461 e. The minimum atomic E-state index is -0.616. The Morgan fingerprint density at radius 2 is 2.05 bits per heavy atom. The molecule has 1 aliphatic heterocycles. The maximum absolute atomic E-state index is 12.6. The molecule has 1 aliphatic carbocycles. The Balaban J connectivity index is 1.74. The first kappa shape index (κ1) is 15.3.